The smallest absolute Gasteiger partial charge is 0.187 e. The summed E-state index contributed by atoms with van der Waals surface area (Å²) in [6, 6.07) is 0. The van der Waals surface area contributed by atoms with Crippen molar-refractivity contribution in [1.29, 1.82) is 0 Å². The number of carbonyl (C=O) groups is 1. The van der Waals surface area contributed by atoms with Crippen molar-refractivity contribution in [3.8, 4) is 0 Å². The molecule has 0 aromatic carbocycles. The molecule has 0 atom stereocenters. The van der Waals surface area contributed by atoms with E-state index in [1.807, 2.05) is 11.5 Å². The molecule has 1 N–H and O–H groups in total. The summed E-state index contributed by atoms with van der Waals surface area (Å²) in [7, 11) is 0. The van der Waals surface area contributed by atoms with Gasteiger partial charge in [0.05, 0.1) is 5.60 Å². The van der Waals surface area contributed by atoms with Crippen LogP contribution in [0.5, 0.6) is 0 Å². The second-order valence-electron chi connectivity index (χ2n) is 4.98. The third-order valence-electron chi connectivity index (χ3n) is 3.82. The molecule has 1 fully saturated rings. The Labute approximate surface area is 104 Å². The minimum atomic E-state index is -0.743. The lowest BCUT2D eigenvalue weighted by Gasteiger charge is -2.35. The van der Waals surface area contributed by atoms with E-state index in [0.717, 1.165) is 36.8 Å². The lowest BCUT2D eigenvalue weighted by molar-refractivity contribution is 0.0366. The predicted molar refractivity (Wildman–Crippen MR) is 67.1 cm³/mol. The van der Waals surface area contributed by atoms with Crippen LogP contribution in [0.1, 0.15) is 54.6 Å². The second kappa shape index (κ2) is 4.03. The van der Waals surface area contributed by atoms with Crippen LogP contribution in [-0.4, -0.2) is 20.9 Å². The van der Waals surface area contributed by atoms with Crippen LogP contribution in [0.3, 0.4) is 0 Å². The summed E-state index contributed by atoms with van der Waals surface area (Å²) in [6.45, 7) is 0. The van der Waals surface area contributed by atoms with Gasteiger partial charge in [-0.1, -0.05) is 19.3 Å². The number of ketones is 1. The molecule has 1 heterocycles. The van der Waals surface area contributed by atoms with Crippen molar-refractivity contribution in [2.45, 2.75) is 44.1 Å². The highest BCUT2D eigenvalue weighted by Gasteiger charge is 2.36. The Kier molecular flexibility index (Phi) is 2.64. The Hall–Kier alpha value is -1.00. The monoisotopic (exact) mass is 249 g/mol. The molecule has 0 radical (unpaired) electrons. The summed E-state index contributed by atoms with van der Waals surface area (Å²) in [5, 5.41) is 12.5. The van der Waals surface area contributed by atoms with Gasteiger partial charge in [-0.05, 0) is 36.0 Å². The second-order valence-corrected chi connectivity index (χ2v) is 5.61. The summed E-state index contributed by atoms with van der Waals surface area (Å²) in [5.41, 5.74) is 1.63. The highest BCUT2D eigenvalue weighted by Crippen LogP contribution is 2.39. The zero-order chi connectivity index (χ0) is 11.9. The van der Waals surface area contributed by atoms with Crippen molar-refractivity contribution >= 4 is 23.4 Å². The molecule has 17 heavy (non-hydrogen) atoms. The van der Waals surface area contributed by atoms with Gasteiger partial charge >= 0.3 is 0 Å². The fourth-order valence-electron chi connectivity index (χ4n) is 2.81. The largest absolute Gasteiger partial charge is 0.385 e. The lowest BCUT2D eigenvalue weighted by Crippen LogP contribution is -2.35. The number of fused-ring (bicyclic) bond motifs is 1. The maximum absolute atomic E-state index is 11.9. The molecule has 0 amide bonds. The molecule has 1 aromatic heterocycles. The summed E-state index contributed by atoms with van der Waals surface area (Å²) in [4.78, 5) is 11.9. The normalized spacial score (nSPS) is 23.1. The minimum Gasteiger partial charge on any atom is -0.385 e. The Bertz CT molecular complexity index is 483. The molecular formula is C13H15NO2S. The number of nitrogens with zero attached hydrogens (tertiary/aromatic N) is 1. The Morgan fingerprint density at radius 3 is 2.82 bits per heavy atom. The van der Waals surface area contributed by atoms with Gasteiger partial charge in [-0.3, -0.25) is 4.79 Å². The van der Waals surface area contributed by atoms with Gasteiger partial charge in [-0.25, -0.2) is 0 Å². The van der Waals surface area contributed by atoms with Crippen LogP contribution < -0.4 is 0 Å². The molecule has 4 heteroatoms. The SMILES string of the molecule is O=C1CC(C2(O)CCCCC2)=Cc2csnc21. The van der Waals surface area contributed by atoms with E-state index in [1.165, 1.54) is 18.0 Å². The zero-order valence-electron chi connectivity index (χ0n) is 9.61. The molecular weight excluding hydrogens is 234 g/mol. The average Bonchev–Trinajstić information content (AvgIpc) is 2.78. The van der Waals surface area contributed by atoms with Crippen LogP contribution in [0.4, 0.5) is 0 Å². The first-order chi connectivity index (χ1) is 8.19. The van der Waals surface area contributed by atoms with Crippen LogP contribution in [0, 0.1) is 0 Å². The van der Waals surface area contributed by atoms with Crippen LogP contribution in [0.25, 0.3) is 6.08 Å². The number of hydrogen-bond donors (Lipinski definition) is 1. The highest BCUT2D eigenvalue weighted by atomic mass is 32.1. The molecule has 0 spiro atoms. The molecule has 2 aliphatic rings. The topological polar surface area (TPSA) is 50.2 Å². The van der Waals surface area contributed by atoms with Crippen LogP contribution in [-0.2, 0) is 0 Å². The van der Waals surface area contributed by atoms with Gasteiger partial charge in [0.2, 0.25) is 0 Å². The maximum Gasteiger partial charge on any atom is 0.187 e. The number of Topliss-reactive ketones (excluding diaryl/α,β-unsaturated/α-hetero) is 1. The Morgan fingerprint density at radius 1 is 1.29 bits per heavy atom. The first kappa shape index (κ1) is 11.1. The van der Waals surface area contributed by atoms with Crippen molar-refractivity contribution in [2.24, 2.45) is 0 Å². The Morgan fingerprint density at radius 2 is 2.06 bits per heavy atom. The molecule has 3 nitrogen and oxygen atoms in total. The van der Waals surface area contributed by atoms with E-state index < -0.39 is 5.60 Å². The van der Waals surface area contributed by atoms with Crippen molar-refractivity contribution in [2.75, 3.05) is 0 Å². The van der Waals surface area contributed by atoms with Gasteiger partial charge < -0.3 is 5.11 Å². The van der Waals surface area contributed by atoms with E-state index in [-0.39, 0.29) is 5.78 Å². The molecule has 3 rings (SSSR count). The van der Waals surface area contributed by atoms with Gasteiger partial charge in [0.15, 0.2) is 5.78 Å². The van der Waals surface area contributed by atoms with Crippen molar-refractivity contribution in [1.82, 2.24) is 4.37 Å². The van der Waals surface area contributed by atoms with Crippen molar-refractivity contribution in [3.05, 3.63) is 22.2 Å². The number of aromatic nitrogens is 1. The fraction of sp³-hybridized carbons (Fsp3) is 0.538. The predicted octanol–water partition coefficient (Wildman–Crippen LogP) is 2.81. The van der Waals surface area contributed by atoms with Gasteiger partial charge in [-0.15, -0.1) is 0 Å². The molecule has 0 saturated heterocycles. The van der Waals surface area contributed by atoms with Gasteiger partial charge in [-0.2, -0.15) is 4.37 Å². The summed E-state index contributed by atoms with van der Waals surface area (Å²) in [5.74, 6) is 0.0535. The first-order valence-electron chi connectivity index (χ1n) is 6.10. The lowest BCUT2D eigenvalue weighted by atomic mass is 9.75. The summed E-state index contributed by atoms with van der Waals surface area (Å²) < 4.78 is 4.11. The van der Waals surface area contributed by atoms with E-state index >= 15 is 0 Å². The van der Waals surface area contributed by atoms with Crippen LogP contribution in [0.15, 0.2) is 11.0 Å². The average molecular weight is 249 g/mol. The maximum atomic E-state index is 11.9. The first-order valence-corrected chi connectivity index (χ1v) is 6.94. The van der Waals surface area contributed by atoms with E-state index in [0.29, 0.717) is 12.1 Å². The summed E-state index contributed by atoms with van der Waals surface area (Å²) in [6.07, 6.45) is 7.19. The van der Waals surface area contributed by atoms with E-state index in [2.05, 4.69) is 4.37 Å². The minimum absolute atomic E-state index is 0.0535. The molecule has 2 aliphatic carbocycles. The van der Waals surface area contributed by atoms with Crippen molar-refractivity contribution < 1.29 is 9.90 Å². The third kappa shape index (κ3) is 1.85. The molecule has 0 unspecified atom stereocenters. The van der Waals surface area contributed by atoms with Gasteiger partial charge in [0.1, 0.15) is 5.69 Å². The molecule has 90 valence electrons. The van der Waals surface area contributed by atoms with Gasteiger partial charge in [0.25, 0.3) is 0 Å². The highest BCUT2D eigenvalue weighted by molar-refractivity contribution is 7.04. The number of aliphatic hydroxyl groups is 1. The zero-order valence-corrected chi connectivity index (χ0v) is 10.4. The van der Waals surface area contributed by atoms with Crippen molar-refractivity contribution in [3.63, 3.8) is 0 Å². The number of rotatable bonds is 1. The number of hydrogen-bond acceptors (Lipinski definition) is 4. The van der Waals surface area contributed by atoms with Crippen LogP contribution >= 0.6 is 11.5 Å². The third-order valence-corrected chi connectivity index (χ3v) is 4.47. The van der Waals surface area contributed by atoms with Gasteiger partial charge in [0, 0.05) is 17.4 Å². The number of carbonyl (C=O) groups excluding carboxylic acids is 1. The van der Waals surface area contributed by atoms with E-state index in [1.54, 1.807) is 0 Å². The van der Waals surface area contributed by atoms with Crippen LogP contribution in [0.2, 0.25) is 0 Å². The van der Waals surface area contributed by atoms with E-state index in [9.17, 15) is 9.90 Å². The standard InChI is InChI=1S/C13H15NO2S/c15-11-7-10(6-9-8-17-14-12(9)11)13(16)4-2-1-3-5-13/h6,8,16H,1-5,7H2. The molecule has 0 aliphatic heterocycles. The van der Waals surface area contributed by atoms with E-state index in [4.69, 9.17) is 0 Å². The molecule has 1 aromatic rings. The molecule has 1 saturated carbocycles. The summed E-state index contributed by atoms with van der Waals surface area (Å²) >= 11 is 1.31. The fourth-order valence-corrected chi connectivity index (χ4v) is 3.47. The Balaban J connectivity index is 1.97. The molecule has 0 bridgehead atoms. The quantitative estimate of drug-likeness (QED) is 0.832.